The molecule has 0 radical (unpaired) electrons. The van der Waals surface area contributed by atoms with Crippen LogP contribution in [0.4, 0.5) is 15.8 Å². The summed E-state index contributed by atoms with van der Waals surface area (Å²) < 4.78 is 20.1. The van der Waals surface area contributed by atoms with Gasteiger partial charge in [0.25, 0.3) is 0 Å². The van der Waals surface area contributed by atoms with Crippen molar-refractivity contribution in [2.75, 3.05) is 36.0 Å². The minimum atomic E-state index is -0.643. The zero-order valence-electron chi connectivity index (χ0n) is 18.2. The number of ether oxygens (including phenoxy) is 1. The molecule has 0 aliphatic carbocycles. The van der Waals surface area contributed by atoms with Gasteiger partial charge in [-0.25, -0.2) is 4.39 Å². The number of piperazine rings is 1. The number of esters is 1. The van der Waals surface area contributed by atoms with Crippen molar-refractivity contribution in [3.63, 3.8) is 0 Å². The number of nitrogens with zero attached hydrogens (tertiary/aromatic N) is 3. The van der Waals surface area contributed by atoms with E-state index in [-0.39, 0.29) is 24.7 Å². The third kappa shape index (κ3) is 5.46. The Hall–Kier alpha value is -3.94. The minimum absolute atomic E-state index is 0.185. The normalized spacial score (nSPS) is 13.6. The van der Waals surface area contributed by atoms with Crippen molar-refractivity contribution >= 4 is 23.2 Å². The lowest BCUT2D eigenvalue weighted by Gasteiger charge is -2.37. The molecule has 8 heteroatoms. The van der Waals surface area contributed by atoms with E-state index in [1.165, 1.54) is 0 Å². The summed E-state index contributed by atoms with van der Waals surface area (Å²) in [5, 5.41) is 7.14. The van der Waals surface area contributed by atoms with Gasteiger partial charge in [-0.1, -0.05) is 30.3 Å². The molecule has 0 spiro atoms. The van der Waals surface area contributed by atoms with E-state index in [9.17, 15) is 4.79 Å². The summed E-state index contributed by atoms with van der Waals surface area (Å²) in [5.41, 5.74) is 9.33. The van der Waals surface area contributed by atoms with Crippen LogP contribution >= 0.6 is 0 Å². The van der Waals surface area contributed by atoms with Crippen molar-refractivity contribution in [1.29, 1.82) is 5.41 Å². The Balaban J connectivity index is 1.37. The number of nitrogens with two attached hydrogens (primary N) is 1. The Labute approximate surface area is 192 Å². The Bertz CT molecular complexity index is 1110. The first kappa shape index (κ1) is 22.3. The van der Waals surface area contributed by atoms with Gasteiger partial charge in [0.15, 0.2) is 5.82 Å². The molecule has 3 aromatic rings. The van der Waals surface area contributed by atoms with Crippen molar-refractivity contribution in [3.8, 4) is 11.1 Å². The number of benzene rings is 2. The number of carbonyl (C=O) groups is 1. The SMILES string of the molecule is N=C(N)CC(=O)OCc1cccc(N2CCN(c3ccc(-c4cccnc4)cc3)CC2)c1F. The van der Waals surface area contributed by atoms with E-state index in [0.29, 0.717) is 24.3 Å². The lowest BCUT2D eigenvalue weighted by Crippen LogP contribution is -2.46. The highest BCUT2D eigenvalue weighted by atomic mass is 19.1. The second kappa shape index (κ2) is 10.1. The molecule has 7 nitrogen and oxygen atoms in total. The zero-order chi connectivity index (χ0) is 23.2. The number of halogens is 1. The number of nitrogens with one attached hydrogen (secondary N) is 1. The average Bonchev–Trinajstić information content (AvgIpc) is 2.84. The summed E-state index contributed by atoms with van der Waals surface area (Å²) in [4.78, 5) is 20.1. The Morgan fingerprint density at radius 1 is 1.00 bits per heavy atom. The van der Waals surface area contributed by atoms with Crippen molar-refractivity contribution in [2.45, 2.75) is 13.0 Å². The summed E-state index contributed by atoms with van der Waals surface area (Å²) in [5.74, 6) is -1.31. The van der Waals surface area contributed by atoms with Crippen molar-refractivity contribution in [2.24, 2.45) is 5.73 Å². The molecule has 0 atom stereocenters. The molecule has 0 bridgehead atoms. The van der Waals surface area contributed by atoms with E-state index in [2.05, 4.69) is 34.1 Å². The van der Waals surface area contributed by atoms with E-state index in [0.717, 1.165) is 29.9 Å². The monoisotopic (exact) mass is 447 g/mol. The number of carbonyl (C=O) groups excluding carboxylic acids is 1. The van der Waals surface area contributed by atoms with Crippen molar-refractivity contribution in [1.82, 2.24) is 4.98 Å². The van der Waals surface area contributed by atoms with E-state index in [1.807, 2.05) is 23.2 Å². The fourth-order valence-electron chi connectivity index (χ4n) is 3.89. The van der Waals surface area contributed by atoms with Gasteiger partial charge >= 0.3 is 5.97 Å². The van der Waals surface area contributed by atoms with Crippen molar-refractivity contribution < 1.29 is 13.9 Å². The van der Waals surface area contributed by atoms with Gasteiger partial charge in [-0.3, -0.25) is 15.2 Å². The smallest absolute Gasteiger partial charge is 0.313 e. The van der Waals surface area contributed by atoms with Gasteiger partial charge in [-0.2, -0.15) is 0 Å². The number of hydrogen-bond donors (Lipinski definition) is 2. The van der Waals surface area contributed by atoms with Crippen LogP contribution in [0.5, 0.6) is 0 Å². The first-order valence-electron chi connectivity index (χ1n) is 10.8. The minimum Gasteiger partial charge on any atom is -0.460 e. The highest BCUT2D eigenvalue weighted by molar-refractivity contribution is 5.94. The maximum Gasteiger partial charge on any atom is 0.313 e. The van der Waals surface area contributed by atoms with E-state index in [1.54, 1.807) is 24.4 Å². The van der Waals surface area contributed by atoms with E-state index in [4.69, 9.17) is 15.9 Å². The summed E-state index contributed by atoms with van der Waals surface area (Å²) in [6.07, 6.45) is 3.31. The maximum absolute atomic E-state index is 15.1. The van der Waals surface area contributed by atoms with Crippen LogP contribution in [0, 0.1) is 11.2 Å². The summed E-state index contributed by atoms with van der Waals surface area (Å²) in [6, 6.07) is 17.5. The fraction of sp³-hybridized carbons (Fsp3) is 0.240. The van der Waals surface area contributed by atoms with Gasteiger partial charge in [0, 0.05) is 49.8 Å². The largest absolute Gasteiger partial charge is 0.460 e. The van der Waals surface area contributed by atoms with Crippen LogP contribution in [0.3, 0.4) is 0 Å². The lowest BCUT2D eigenvalue weighted by molar-refractivity contribution is -0.143. The molecule has 1 saturated heterocycles. The molecule has 0 amide bonds. The van der Waals surface area contributed by atoms with Gasteiger partial charge in [0.1, 0.15) is 18.9 Å². The van der Waals surface area contributed by atoms with Crippen LogP contribution in [-0.2, 0) is 16.1 Å². The lowest BCUT2D eigenvalue weighted by atomic mass is 10.1. The molecule has 0 saturated carbocycles. The molecule has 1 aliphatic heterocycles. The molecule has 0 unspecified atom stereocenters. The summed E-state index contributed by atoms with van der Waals surface area (Å²) in [7, 11) is 0. The third-order valence-corrected chi connectivity index (χ3v) is 5.63. The van der Waals surface area contributed by atoms with Crippen LogP contribution in [0.25, 0.3) is 11.1 Å². The predicted molar refractivity (Wildman–Crippen MR) is 127 cm³/mol. The number of aromatic nitrogens is 1. The molecule has 170 valence electrons. The number of rotatable bonds is 7. The van der Waals surface area contributed by atoms with Crippen LogP contribution in [0.15, 0.2) is 67.0 Å². The second-order valence-corrected chi connectivity index (χ2v) is 7.88. The van der Waals surface area contributed by atoms with Gasteiger partial charge in [-0.15, -0.1) is 0 Å². The van der Waals surface area contributed by atoms with Gasteiger partial charge in [0.2, 0.25) is 0 Å². The summed E-state index contributed by atoms with van der Waals surface area (Å²) >= 11 is 0. The van der Waals surface area contributed by atoms with Crippen LogP contribution in [0.1, 0.15) is 12.0 Å². The highest BCUT2D eigenvalue weighted by Gasteiger charge is 2.21. The maximum atomic E-state index is 15.1. The summed E-state index contributed by atoms with van der Waals surface area (Å²) in [6.45, 7) is 2.70. The average molecular weight is 448 g/mol. The van der Waals surface area contributed by atoms with Crippen LogP contribution in [0.2, 0.25) is 0 Å². The quantitative estimate of drug-likeness (QED) is 0.327. The van der Waals surface area contributed by atoms with Crippen LogP contribution < -0.4 is 15.5 Å². The number of amidine groups is 1. The van der Waals surface area contributed by atoms with Crippen LogP contribution in [-0.4, -0.2) is 43.0 Å². The third-order valence-electron chi connectivity index (χ3n) is 5.63. The molecule has 3 N–H and O–H groups in total. The molecule has 33 heavy (non-hydrogen) atoms. The topological polar surface area (TPSA) is 95.5 Å². The Morgan fingerprint density at radius 3 is 2.39 bits per heavy atom. The first-order chi connectivity index (χ1) is 16.0. The van der Waals surface area contributed by atoms with Gasteiger partial charge in [0.05, 0.1) is 5.69 Å². The molecule has 2 heterocycles. The zero-order valence-corrected chi connectivity index (χ0v) is 18.2. The number of anilines is 2. The predicted octanol–water partition coefficient (Wildman–Crippen LogP) is 3.58. The molecule has 1 aromatic heterocycles. The highest BCUT2D eigenvalue weighted by Crippen LogP contribution is 2.27. The van der Waals surface area contributed by atoms with Gasteiger partial charge in [-0.05, 0) is 35.4 Å². The Morgan fingerprint density at radius 2 is 1.73 bits per heavy atom. The van der Waals surface area contributed by atoms with E-state index >= 15 is 4.39 Å². The Kier molecular flexibility index (Phi) is 6.83. The standard InChI is InChI=1S/C25H26FN5O2/c26-25-20(17-33-24(32)15-23(27)28)3-1-5-22(25)31-13-11-30(12-14-31)21-8-6-18(7-9-21)19-4-2-10-29-16-19/h1-10,16H,11-15,17H2,(H3,27,28). The van der Waals surface area contributed by atoms with E-state index < -0.39 is 5.97 Å². The molecule has 2 aromatic carbocycles. The molecular formula is C25H26FN5O2. The number of pyridine rings is 1. The number of hydrogen-bond acceptors (Lipinski definition) is 6. The van der Waals surface area contributed by atoms with Gasteiger partial charge < -0.3 is 20.3 Å². The molecular weight excluding hydrogens is 421 g/mol. The molecule has 4 rings (SSSR count). The molecule has 1 aliphatic rings. The van der Waals surface area contributed by atoms with Crippen molar-refractivity contribution in [3.05, 3.63) is 78.4 Å². The second-order valence-electron chi connectivity index (χ2n) is 7.88. The molecule has 1 fully saturated rings. The first-order valence-corrected chi connectivity index (χ1v) is 10.8. The fourth-order valence-corrected chi connectivity index (χ4v) is 3.89.